The van der Waals surface area contributed by atoms with Gasteiger partial charge in [-0.1, -0.05) is 0 Å². The van der Waals surface area contributed by atoms with Gasteiger partial charge >= 0.3 is 0 Å². The van der Waals surface area contributed by atoms with Gasteiger partial charge < -0.3 is 11.5 Å². The van der Waals surface area contributed by atoms with Gasteiger partial charge in [0.05, 0.1) is 11.4 Å². The Kier molecular flexibility index (Phi) is 1.99. The topological polar surface area (TPSA) is 77.3 Å². The number of nitrogen functional groups attached to an aromatic ring is 2. The van der Waals surface area contributed by atoms with Crippen molar-refractivity contribution in [2.45, 2.75) is 13.8 Å². The fourth-order valence-corrected chi connectivity index (χ4v) is 1.08. The maximum Gasteiger partial charge on any atom is 0.150 e. The second kappa shape index (κ2) is 2.81. The maximum atomic E-state index is 5.72. The molecule has 0 aliphatic carbocycles. The molecule has 4 nitrogen and oxygen atoms in total. The fraction of sp³-hybridized carbons (Fsp3) is 0.250. The van der Waals surface area contributed by atoms with E-state index in [1.165, 1.54) is 0 Å². The Balaban J connectivity index is 3.51. The summed E-state index contributed by atoms with van der Waals surface area (Å²) in [6.45, 7) is 7.06. The third kappa shape index (κ3) is 1.11. The highest BCUT2D eigenvalue weighted by Crippen LogP contribution is 2.29. The molecular weight excluding hydrogens is 152 g/mol. The van der Waals surface area contributed by atoms with Crippen LogP contribution >= 0.6 is 0 Å². The molecule has 4 heteroatoms. The van der Waals surface area contributed by atoms with Crippen LogP contribution in [0.5, 0.6) is 0 Å². The largest absolute Gasteiger partial charge is 0.397 e. The van der Waals surface area contributed by atoms with Crippen molar-refractivity contribution in [2.24, 2.45) is 4.99 Å². The van der Waals surface area contributed by atoms with Crippen molar-refractivity contribution in [3.05, 3.63) is 11.3 Å². The summed E-state index contributed by atoms with van der Waals surface area (Å²) in [6.07, 6.45) is 0. The van der Waals surface area contributed by atoms with E-state index in [2.05, 4.69) is 16.7 Å². The molecule has 0 fully saturated rings. The first kappa shape index (κ1) is 8.52. The minimum atomic E-state index is 0.384. The number of nitrogens with zero attached hydrogens (tertiary/aromatic N) is 2. The van der Waals surface area contributed by atoms with Crippen LogP contribution in [0.3, 0.4) is 0 Å². The molecule has 0 spiro atoms. The van der Waals surface area contributed by atoms with Gasteiger partial charge in [0.15, 0.2) is 0 Å². The van der Waals surface area contributed by atoms with Crippen molar-refractivity contribution in [1.82, 2.24) is 4.98 Å². The van der Waals surface area contributed by atoms with Gasteiger partial charge in [0.1, 0.15) is 11.5 Å². The molecule has 64 valence electrons. The van der Waals surface area contributed by atoms with Gasteiger partial charge in [0.25, 0.3) is 0 Å². The monoisotopic (exact) mass is 164 g/mol. The third-order valence-corrected chi connectivity index (χ3v) is 1.84. The predicted octanol–water partition coefficient (Wildman–Crippen LogP) is 1.19. The molecule has 12 heavy (non-hydrogen) atoms. The van der Waals surface area contributed by atoms with E-state index in [1.807, 2.05) is 13.8 Å². The van der Waals surface area contributed by atoms with E-state index in [9.17, 15) is 0 Å². The summed E-state index contributed by atoms with van der Waals surface area (Å²) < 4.78 is 0. The molecule has 1 aromatic heterocycles. The summed E-state index contributed by atoms with van der Waals surface area (Å²) in [4.78, 5) is 7.78. The first-order chi connectivity index (χ1) is 5.57. The van der Waals surface area contributed by atoms with Crippen molar-refractivity contribution in [2.75, 3.05) is 11.5 Å². The Morgan fingerprint density at radius 1 is 1.33 bits per heavy atom. The summed E-state index contributed by atoms with van der Waals surface area (Å²) in [6, 6.07) is 0. The van der Waals surface area contributed by atoms with Crippen LogP contribution in [-0.2, 0) is 0 Å². The maximum absolute atomic E-state index is 5.72. The molecule has 0 amide bonds. The molecular formula is C8H12N4. The highest BCUT2D eigenvalue weighted by Gasteiger charge is 2.08. The summed E-state index contributed by atoms with van der Waals surface area (Å²) in [5, 5.41) is 0. The van der Waals surface area contributed by atoms with Crippen molar-refractivity contribution in [3.63, 3.8) is 0 Å². The second-order valence-electron chi connectivity index (χ2n) is 2.63. The Morgan fingerprint density at radius 2 is 1.92 bits per heavy atom. The quantitative estimate of drug-likeness (QED) is 0.612. The average Bonchev–Trinajstić information content (AvgIpc) is 2.01. The summed E-state index contributed by atoms with van der Waals surface area (Å²) >= 11 is 0. The van der Waals surface area contributed by atoms with Crippen LogP contribution in [0, 0.1) is 13.8 Å². The van der Waals surface area contributed by atoms with E-state index in [1.54, 1.807) is 0 Å². The summed E-state index contributed by atoms with van der Waals surface area (Å²) in [7, 11) is 0. The molecule has 0 aliphatic rings. The molecule has 0 aliphatic heterocycles. The molecule has 0 aromatic carbocycles. The average molecular weight is 164 g/mol. The molecule has 4 N–H and O–H groups in total. The molecule has 0 radical (unpaired) electrons. The van der Waals surface area contributed by atoms with E-state index >= 15 is 0 Å². The molecule has 0 atom stereocenters. The fourth-order valence-electron chi connectivity index (χ4n) is 1.08. The first-order valence-corrected chi connectivity index (χ1v) is 3.56. The lowest BCUT2D eigenvalue weighted by Gasteiger charge is -2.08. The van der Waals surface area contributed by atoms with Gasteiger partial charge in [-0.15, -0.1) is 0 Å². The van der Waals surface area contributed by atoms with Crippen LogP contribution in [0.4, 0.5) is 17.2 Å². The Morgan fingerprint density at radius 3 is 2.42 bits per heavy atom. The smallest absolute Gasteiger partial charge is 0.150 e. The van der Waals surface area contributed by atoms with E-state index in [0.717, 1.165) is 11.3 Å². The molecule has 1 aromatic rings. The van der Waals surface area contributed by atoms with E-state index < -0.39 is 0 Å². The van der Waals surface area contributed by atoms with Gasteiger partial charge in [0, 0.05) is 5.56 Å². The zero-order valence-electron chi connectivity index (χ0n) is 7.26. The zero-order valence-corrected chi connectivity index (χ0v) is 7.26. The zero-order chi connectivity index (χ0) is 9.30. The molecule has 1 heterocycles. The van der Waals surface area contributed by atoms with Crippen molar-refractivity contribution < 1.29 is 0 Å². The van der Waals surface area contributed by atoms with Crippen LogP contribution in [0.1, 0.15) is 11.3 Å². The van der Waals surface area contributed by atoms with Crippen LogP contribution in [0.2, 0.25) is 0 Å². The number of anilines is 2. The van der Waals surface area contributed by atoms with E-state index in [0.29, 0.717) is 17.2 Å². The van der Waals surface area contributed by atoms with Crippen molar-refractivity contribution in [1.29, 1.82) is 0 Å². The molecule has 0 bridgehead atoms. The van der Waals surface area contributed by atoms with Gasteiger partial charge in [-0.05, 0) is 20.6 Å². The van der Waals surface area contributed by atoms with Crippen LogP contribution in [-0.4, -0.2) is 11.7 Å². The Labute approximate surface area is 71.3 Å². The van der Waals surface area contributed by atoms with Gasteiger partial charge in [-0.2, -0.15) is 0 Å². The second-order valence-corrected chi connectivity index (χ2v) is 2.63. The predicted molar refractivity (Wildman–Crippen MR) is 51.7 cm³/mol. The van der Waals surface area contributed by atoms with Crippen LogP contribution < -0.4 is 11.5 Å². The highest BCUT2D eigenvalue weighted by atomic mass is 14.9. The standard InChI is InChI=1S/C8H12N4/c1-4-6(9)5(2)12-8(10)7(4)11-3/h3,9H2,1-2H3,(H2,10,12). The normalized spacial score (nSPS) is 9.83. The molecule has 0 saturated carbocycles. The van der Waals surface area contributed by atoms with Gasteiger partial charge in [-0.3, -0.25) is 4.99 Å². The molecule has 0 saturated heterocycles. The number of rotatable bonds is 1. The number of aromatic nitrogens is 1. The van der Waals surface area contributed by atoms with Crippen molar-refractivity contribution in [3.8, 4) is 0 Å². The van der Waals surface area contributed by atoms with Gasteiger partial charge in [0.2, 0.25) is 0 Å². The number of hydrogen-bond acceptors (Lipinski definition) is 4. The SMILES string of the molecule is C=Nc1c(N)nc(C)c(N)c1C. The number of aryl methyl sites for hydroxylation is 1. The van der Waals surface area contributed by atoms with Crippen molar-refractivity contribution >= 4 is 23.9 Å². The summed E-state index contributed by atoms with van der Waals surface area (Å²) in [5.41, 5.74) is 14.1. The number of aliphatic imine (C=N–C) groups is 1. The molecule has 1 rings (SSSR count). The first-order valence-electron chi connectivity index (χ1n) is 3.56. The minimum absolute atomic E-state index is 0.384. The third-order valence-electron chi connectivity index (χ3n) is 1.84. The van der Waals surface area contributed by atoms with E-state index in [-0.39, 0.29) is 0 Å². The van der Waals surface area contributed by atoms with Crippen LogP contribution in [0.25, 0.3) is 0 Å². The number of nitrogens with two attached hydrogens (primary N) is 2. The van der Waals surface area contributed by atoms with Crippen LogP contribution in [0.15, 0.2) is 4.99 Å². The lowest BCUT2D eigenvalue weighted by atomic mass is 10.1. The Hall–Kier alpha value is -1.58. The summed E-state index contributed by atoms with van der Waals surface area (Å²) in [5.74, 6) is 0.384. The lowest BCUT2D eigenvalue weighted by Crippen LogP contribution is -2.01. The van der Waals surface area contributed by atoms with Gasteiger partial charge in [-0.25, -0.2) is 4.98 Å². The minimum Gasteiger partial charge on any atom is -0.397 e. The molecule has 0 unspecified atom stereocenters. The highest BCUT2D eigenvalue weighted by molar-refractivity contribution is 5.73. The lowest BCUT2D eigenvalue weighted by molar-refractivity contribution is 1.19. The number of hydrogen-bond donors (Lipinski definition) is 2. The number of pyridine rings is 1. The Bertz CT molecular complexity index is 330. The van der Waals surface area contributed by atoms with E-state index in [4.69, 9.17) is 11.5 Å².